The van der Waals surface area contributed by atoms with Crippen molar-refractivity contribution in [1.29, 1.82) is 0 Å². The molecule has 5 heteroatoms. The van der Waals surface area contributed by atoms with Crippen molar-refractivity contribution in [3.05, 3.63) is 29.6 Å². The topological polar surface area (TPSA) is 43.4 Å². The van der Waals surface area contributed by atoms with Crippen molar-refractivity contribution in [3.63, 3.8) is 0 Å². The van der Waals surface area contributed by atoms with Gasteiger partial charge < -0.3 is 4.74 Å². The van der Waals surface area contributed by atoms with Gasteiger partial charge in [0.25, 0.3) is 0 Å². The third-order valence-electron chi connectivity index (χ3n) is 2.64. The molecule has 1 unspecified atom stereocenters. The summed E-state index contributed by atoms with van der Waals surface area (Å²) in [4.78, 5) is 0. The summed E-state index contributed by atoms with van der Waals surface area (Å²) in [5, 5.41) is 0. The molecule has 1 aliphatic rings. The van der Waals surface area contributed by atoms with Gasteiger partial charge in [0.05, 0.1) is 11.5 Å². The lowest BCUT2D eigenvalue weighted by atomic mass is 10.2. The van der Waals surface area contributed by atoms with Gasteiger partial charge in [-0.25, -0.2) is 12.8 Å². The van der Waals surface area contributed by atoms with Crippen molar-refractivity contribution >= 4 is 9.84 Å². The Morgan fingerprint density at radius 3 is 2.81 bits per heavy atom. The fourth-order valence-electron chi connectivity index (χ4n) is 1.74. The highest BCUT2D eigenvalue weighted by Crippen LogP contribution is 2.24. The number of rotatable bonds is 2. The Labute approximate surface area is 94.2 Å². The van der Waals surface area contributed by atoms with E-state index >= 15 is 0 Å². The zero-order valence-corrected chi connectivity index (χ0v) is 9.76. The zero-order valence-electron chi connectivity index (χ0n) is 8.94. The number of benzene rings is 1. The third-order valence-corrected chi connectivity index (χ3v) is 4.38. The Balaban J connectivity index is 2.14. The molecule has 0 aliphatic carbocycles. The smallest absolute Gasteiger partial charge is 0.167 e. The SMILES string of the molecule is Cc1cccc(OC2CCS(=O)(=O)C2)c1F. The van der Waals surface area contributed by atoms with Crippen LogP contribution in [-0.4, -0.2) is 26.0 Å². The van der Waals surface area contributed by atoms with Crippen LogP contribution < -0.4 is 4.74 Å². The Morgan fingerprint density at radius 2 is 2.19 bits per heavy atom. The zero-order chi connectivity index (χ0) is 11.8. The van der Waals surface area contributed by atoms with E-state index in [1.54, 1.807) is 19.1 Å². The summed E-state index contributed by atoms with van der Waals surface area (Å²) in [6.45, 7) is 1.65. The predicted molar refractivity (Wildman–Crippen MR) is 58.8 cm³/mol. The second kappa shape index (κ2) is 4.05. The van der Waals surface area contributed by atoms with E-state index in [-0.39, 0.29) is 17.3 Å². The third kappa shape index (κ3) is 2.35. The molecule has 0 aromatic heterocycles. The van der Waals surface area contributed by atoms with Gasteiger partial charge in [0.2, 0.25) is 0 Å². The molecule has 1 aliphatic heterocycles. The quantitative estimate of drug-likeness (QED) is 0.795. The first kappa shape index (κ1) is 11.4. The minimum Gasteiger partial charge on any atom is -0.486 e. The molecule has 88 valence electrons. The molecule has 0 N–H and O–H groups in total. The molecule has 1 aromatic rings. The minimum atomic E-state index is -2.99. The Kier molecular flexibility index (Phi) is 2.88. The van der Waals surface area contributed by atoms with E-state index in [2.05, 4.69) is 0 Å². The molecular formula is C11H13FO3S. The van der Waals surface area contributed by atoms with Crippen molar-refractivity contribution in [3.8, 4) is 5.75 Å². The summed E-state index contributed by atoms with van der Waals surface area (Å²) in [5.74, 6) is -0.153. The van der Waals surface area contributed by atoms with Crippen molar-refractivity contribution in [2.75, 3.05) is 11.5 Å². The number of hydrogen-bond acceptors (Lipinski definition) is 3. The lowest BCUT2D eigenvalue weighted by Gasteiger charge is -2.13. The maximum absolute atomic E-state index is 13.6. The number of hydrogen-bond donors (Lipinski definition) is 0. The molecule has 1 atom stereocenters. The van der Waals surface area contributed by atoms with Gasteiger partial charge >= 0.3 is 0 Å². The lowest BCUT2D eigenvalue weighted by molar-refractivity contribution is 0.218. The number of halogens is 1. The summed E-state index contributed by atoms with van der Waals surface area (Å²) in [6, 6.07) is 4.86. The van der Waals surface area contributed by atoms with E-state index < -0.39 is 21.8 Å². The Morgan fingerprint density at radius 1 is 1.44 bits per heavy atom. The van der Waals surface area contributed by atoms with Gasteiger partial charge in [-0.15, -0.1) is 0 Å². The molecule has 3 nitrogen and oxygen atoms in total. The van der Waals surface area contributed by atoms with Crippen molar-refractivity contribution in [1.82, 2.24) is 0 Å². The van der Waals surface area contributed by atoms with Crippen LogP contribution in [0.1, 0.15) is 12.0 Å². The van der Waals surface area contributed by atoms with Crippen LogP contribution >= 0.6 is 0 Å². The van der Waals surface area contributed by atoms with Crippen LogP contribution in [0.5, 0.6) is 5.75 Å². The maximum atomic E-state index is 13.6. The van der Waals surface area contributed by atoms with Gasteiger partial charge in [0.1, 0.15) is 6.10 Å². The molecule has 1 aromatic carbocycles. The largest absolute Gasteiger partial charge is 0.486 e. The van der Waals surface area contributed by atoms with Gasteiger partial charge in [0.15, 0.2) is 21.4 Å². The standard InChI is InChI=1S/C11H13FO3S/c1-8-3-2-4-10(11(8)12)15-9-5-6-16(13,14)7-9/h2-4,9H,5-7H2,1H3. The highest BCUT2D eigenvalue weighted by atomic mass is 32.2. The van der Waals surface area contributed by atoms with Gasteiger partial charge in [0, 0.05) is 0 Å². The van der Waals surface area contributed by atoms with Crippen LogP contribution in [0.4, 0.5) is 4.39 Å². The second-order valence-electron chi connectivity index (χ2n) is 4.03. The van der Waals surface area contributed by atoms with E-state index in [1.807, 2.05) is 0 Å². The average molecular weight is 244 g/mol. The fourth-order valence-corrected chi connectivity index (χ4v) is 3.33. The highest BCUT2D eigenvalue weighted by molar-refractivity contribution is 7.91. The van der Waals surface area contributed by atoms with E-state index in [0.717, 1.165) is 0 Å². The van der Waals surface area contributed by atoms with E-state index in [0.29, 0.717) is 12.0 Å². The molecule has 0 spiro atoms. The fraction of sp³-hybridized carbons (Fsp3) is 0.455. The first-order chi connectivity index (χ1) is 7.48. The normalized spacial score (nSPS) is 23.2. The van der Waals surface area contributed by atoms with Crippen LogP contribution in [0.15, 0.2) is 18.2 Å². The molecule has 0 radical (unpaired) electrons. The van der Waals surface area contributed by atoms with Crippen LogP contribution in [0.25, 0.3) is 0 Å². The van der Waals surface area contributed by atoms with Crippen LogP contribution in [0.2, 0.25) is 0 Å². The Hall–Kier alpha value is -1.10. The van der Waals surface area contributed by atoms with Crippen LogP contribution in [0.3, 0.4) is 0 Å². The summed E-state index contributed by atoms with van der Waals surface area (Å²) >= 11 is 0. The molecule has 1 saturated heterocycles. The molecule has 0 bridgehead atoms. The molecule has 0 saturated carbocycles. The van der Waals surface area contributed by atoms with Gasteiger partial charge in [-0.05, 0) is 25.0 Å². The molecule has 0 amide bonds. The number of aryl methyl sites for hydroxylation is 1. The first-order valence-corrected chi connectivity index (χ1v) is 6.92. The maximum Gasteiger partial charge on any atom is 0.167 e. The van der Waals surface area contributed by atoms with E-state index in [1.165, 1.54) is 6.07 Å². The van der Waals surface area contributed by atoms with Crippen molar-refractivity contribution in [2.45, 2.75) is 19.4 Å². The minimum absolute atomic E-state index is 0.0135. The van der Waals surface area contributed by atoms with Gasteiger partial charge in [-0.2, -0.15) is 0 Å². The molecule has 2 rings (SSSR count). The van der Waals surface area contributed by atoms with Gasteiger partial charge in [-0.3, -0.25) is 0 Å². The van der Waals surface area contributed by atoms with Crippen LogP contribution in [0, 0.1) is 12.7 Å². The molecule has 1 heterocycles. The van der Waals surface area contributed by atoms with Crippen molar-refractivity contribution < 1.29 is 17.5 Å². The second-order valence-corrected chi connectivity index (χ2v) is 6.26. The predicted octanol–water partition coefficient (Wildman–Crippen LogP) is 1.70. The van der Waals surface area contributed by atoms with E-state index in [4.69, 9.17) is 4.74 Å². The van der Waals surface area contributed by atoms with Crippen molar-refractivity contribution in [2.24, 2.45) is 0 Å². The summed E-state index contributed by atoms with van der Waals surface area (Å²) in [7, 11) is -2.99. The molecule has 16 heavy (non-hydrogen) atoms. The van der Waals surface area contributed by atoms with Crippen LogP contribution in [-0.2, 0) is 9.84 Å². The van der Waals surface area contributed by atoms with E-state index in [9.17, 15) is 12.8 Å². The monoisotopic (exact) mass is 244 g/mol. The summed E-state index contributed by atoms with van der Waals surface area (Å²) in [5.41, 5.74) is 0.498. The molecule has 1 fully saturated rings. The summed E-state index contributed by atoms with van der Waals surface area (Å²) in [6.07, 6.45) is 0.0247. The Bertz CT molecular complexity index is 496. The van der Waals surface area contributed by atoms with Gasteiger partial charge in [-0.1, -0.05) is 12.1 Å². The highest BCUT2D eigenvalue weighted by Gasteiger charge is 2.29. The number of sulfone groups is 1. The molecular weight excluding hydrogens is 231 g/mol. The lowest BCUT2D eigenvalue weighted by Crippen LogP contribution is -2.18. The summed E-state index contributed by atoms with van der Waals surface area (Å²) < 4.78 is 41.4. The average Bonchev–Trinajstić information content (AvgIpc) is 2.53. The number of ether oxygens (including phenoxy) is 1. The first-order valence-electron chi connectivity index (χ1n) is 5.10.